The molecule has 0 spiro atoms. The van der Waals surface area contributed by atoms with Gasteiger partial charge >= 0.3 is 0 Å². The Morgan fingerprint density at radius 2 is 1.77 bits per heavy atom. The van der Waals surface area contributed by atoms with Gasteiger partial charge < -0.3 is 0 Å². The van der Waals surface area contributed by atoms with Crippen molar-refractivity contribution in [2.24, 2.45) is 4.99 Å². The molecule has 1 fully saturated rings. The summed E-state index contributed by atoms with van der Waals surface area (Å²) < 4.78 is 0. The number of rotatable bonds is 3. The number of likely N-dealkylation sites (tertiary alicyclic amines) is 1. The number of nitrogens with zero attached hydrogens (tertiary/aromatic N) is 3. The molecule has 2 aromatic rings. The molecule has 0 aromatic heterocycles. The quantitative estimate of drug-likeness (QED) is 0.834. The third kappa shape index (κ3) is 3.17. The SMILES string of the molecule is Cc1ccc(N=C2C(=O)N(CN3CCCCC3)c3ccccc32)c(C)c1. The summed E-state index contributed by atoms with van der Waals surface area (Å²) in [6.07, 6.45) is 3.72. The maximum atomic E-state index is 13.2. The van der Waals surface area contributed by atoms with Crippen molar-refractivity contribution in [2.45, 2.75) is 33.1 Å². The molecule has 0 bridgehead atoms. The zero-order valence-electron chi connectivity index (χ0n) is 15.5. The van der Waals surface area contributed by atoms with Gasteiger partial charge in [0.05, 0.1) is 18.0 Å². The Bertz CT molecular complexity index is 865. The van der Waals surface area contributed by atoms with Gasteiger partial charge in [-0.1, -0.05) is 42.3 Å². The lowest BCUT2D eigenvalue weighted by Gasteiger charge is -2.30. The van der Waals surface area contributed by atoms with E-state index in [-0.39, 0.29) is 5.91 Å². The number of hydrogen-bond donors (Lipinski definition) is 0. The summed E-state index contributed by atoms with van der Waals surface area (Å²) in [7, 11) is 0. The minimum atomic E-state index is 0.0109. The summed E-state index contributed by atoms with van der Waals surface area (Å²) in [6, 6.07) is 14.2. The Balaban J connectivity index is 1.70. The van der Waals surface area contributed by atoms with Crippen molar-refractivity contribution in [2.75, 3.05) is 24.7 Å². The van der Waals surface area contributed by atoms with Gasteiger partial charge in [0.2, 0.25) is 0 Å². The van der Waals surface area contributed by atoms with E-state index in [1.807, 2.05) is 48.2 Å². The minimum absolute atomic E-state index is 0.0109. The number of aliphatic imine (C=N–C) groups is 1. The molecule has 2 aliphatic heterocycles. The molecule has 4 heteroatoms. The lowest BCUT2D eigenvalue weighted by Crippen LogP contribution is -2.43. The van der Waals surface area contributed by atoms with Crippen molar-refractivity contribution in [1.82, 2.24) is 4.90 Å². The average molecular weight is 347 g/mol. The molecule has 26 heavy (non-hydrogen) atoms. The van der Waals surface area contributed by atoms with Gasteiger partial charge in [-0.3, -0.25) is 14.6 Å². The van der Waals surface area contributed by atoms with Crippen molar-refractivity contribution in [3.8, 4) is 0 Å². The molecular formula is C22H25N3O. The summed E-state index contributed by atoms with van der Waals surface area (Å²) >= 11 is 0. The van der Waals surface area contributed by atoms with Crippen molar-refractivity contribution in [1.29, 1.82) is 0 Å². The van der Waals surface area contributed by atoms with Crippen molar-refractivity contribution in [3.63, 3.8) is 0 Å². The highest BCUT2D eigenvalue weighted by Crippen LogP contribution is 2.32. The normalized spacial score (nSPS) is 19.2. The number of fused-ring (bicyclic) bond motifs is 1. The third-order valence-corrected chi connectivity index (χ3v) is 5.27. The maximum absolute atomic E-state index is 13.2. The molecule has 0 atom stereocenters. The van der Waals surface area contributed by atoms with E-state index < -0.39 is 0 Å². The van der Waals surface area contributed by atoms with Crippen LogP contribution in [0.5, 0.6) is 0 Å². The van der Waals surface area contributed by atoms with Crippen LogP contribution in [0.4, 0.5) is 11.4 Å². The molecule has 1 amide bonds. The summed E-state index contributed by atoms with van der Waals surface area (Å²) in [5.41, 5.74) is 5.65. The number of hydrogen-bond acceptors (Lipinski definition) is 3. The number of para-hydroxylation sites is 1. The van der Waals surface area contributed by atoms with Crippen LogP contribution < -0.4 is 4.90 Å². The number of carbonyl (C=O) groups excluding carboxylic acids is 1. The van der Waals surface area contributed by atoms with Gasteiger partial charge in [0.15, 0.2) is 0 Å². The van der Waals surface area contributed by atoms with Crippen LogP contribution in [0.15, 0.2) is 47.5 Å². The predicted octanol–water partition coefficient (Wildman–Crippen LogP) is 4.21. The third-order valence-electron chi connectivity index (χ3n) is 5.27. The first-order chi connectivity index (χ1) is 12.6. The van der Waals surface area contributed by atoms with E-state index in [4.69, 9.17) is 4.99 Å². The second kappa shape index (κ2) is 7.04. The Labute approximate surface area is 155 Å². The van der Waals surface area contributed by atoms with E-state index in [0.29, 0.717) is 12.4 Å². The molecule has 4 nitrogen and oxygen atoms in total. The van der Waals surface area contributed by atoms with Crippen LogP contribution in [0.2, 0.25) is 0 Å². The molecule has 2 heterocycles. The van der Waals surface area contributed by atoms with E-state index in [9.17, 15) is 4.79 Å². The largest absolute Gasteiger partial charge is 0.293 e. The standard InChI is InChI=1S/C22H25N3O/c1-16-10-11-19(17(2)14-16)23-21-18-8-4-5-9-20(18)25(22(21)26)15-24-12-6-3-7-13-24/h4-5,8-11,14H,3,6-7,12-13,15H2,1-2H3. The smallest absolute Gasteiger partial charge is 0.278 e. The molecule has 0 N–H and O–H groups in total. The lowest BCUT2D eigenvalue weighted by molar-refractivity contribution is -0.112. The molecule has 0 radical (unpaired) electrons. The minimum Gasteiger partial charge on any atom is -0.293 e. The summed E-state index contributed by atoms with van der Waals surface area (Å²) in [5.74, 6) is 0.0109. The van der Waals surface area contributed by atoms with Crippen LogP contribution in [0, 0.1) is 13.8 Å². The summed E-state index contributed by atoms with van der Waals surface area (Å²) in [6.45, 7) is 6.90. The van der Waals surface area contributed by atoms with Crippen LogP contribution in [0.3, 0.4) is 0 Å². The van der Waals surface area contributed by atoms with Gasteiger partial charge in [0.25, 0.3) is 5.91 Å². The molecule has 2 aromatic carbocycles. The zero-order chi connectivity index (χ0) is 18.1. The number of piperidine rings is 1. The maximum Gasteiger partial charge on any atom is 0.278 e. The average Bonchev–Trinajstić information content (AvgIpc) is 2.91. The Kier molecular flexibility index (Phi) is 4.60. The first-order valence-corrected chi connectivity index (χ1v) is 9.43. The Morgan fingerprint density at radius 1 is 1.00 bits per heavy atom. The fraction of sp³-hybridized carbons (Fsp3) is 0.364. The van der Waals surface area contributed by atoms with Gasteiger partial charge in [0, 0.05) is 5.56 Å². The first kappa shape index (κ1) is 17.0. The molecular weight excluding hydrogens is 322 g/mol. The van der Waals surface area contributed by atoms with Crippen LogP contribution in [0.1, 0.15) is 36.0 Å². The molecule has 0 saturated carbocycles. The fourth-order valence-electron chi connectivity index (χ4n) is 3.86. The Morgan fingerprint density at radius 3 is 2.54 bits per heavy atom. The number of aryl methyl sites for hydroxylation is 2. The monoisotopic (exact) mass is 347 g/mol. The molecule has 2 aliphatic rings. The van der Waals surface area contributed by atoms with E-state index >= 15 is 0 Å². The van der Waals surface area contributed by atoms with Crippen molar-refractivity contribution in [3.05, 3.63) is 59.2 Å². The van der Waals surface area contributed by atoms with E-state index in [1.165, 1.54) is 24.8 Å². The van der Waals surface area contributed by atoms with E-state index in [1.54, 1.807) is 0 Å². The fourth-order valence-corrected chi connectivity index (χ4v) is 3.86. The molecule has 134 valence electrons. The predicted molar refractivity (Wildman–Crippen MR) is 106 cm³/mol. The number of benzene rings is 2. The van der Waals surface area contributed by atoms with Gasteiger partial charge in [-0.05, 0) is 57.5 Å². The zero-order valence-corrected chi connectivity index (χ0v) is 15.5. The highest BCUT2D eigenvalue weighted by Gasteiger charge is 2.34. The van der Waals surface area contributed by atoms with E-state index in [0.717, 1.165) is 35.6 Å². The van der Waals surface area contributed by atoms with Gasteiger partial charge in [-0.2, -0.15) is 0 Å². The molecule has 0 aliphatic carbocycles. The van der Waals surface area contributed by atoms with Gasteiger partial charge in [-0.25, -0.2) is 4.99 Å². The van der Waals surface area contributed by atoms with E-state index in [2.05, 4.69) is 17.9 Å². The van der Waals surface area contributed by atoms with Crippen molar-refractivity contribution < 1.29 is 4.79 Å². The van der Waals surface area contributed by atoms with Crippen molar-refractivity contribution >= 4 is 23.0 Å². The van der Waals surface area contributed by atoms with Gasteiger partial charge in [0.1, 0.15) is 5.71 Å². The summed E-state index contributed by atoms with van der Waals surface area (Å²) in [4.78, 5) is 22.2. The second-order valence-electron chi connectivity index (χ2n) is 7.32. The van der Waals surface area contributed by atoms with Gasteiger partial charge in [-0.15, -0.1) is 0 Å². The van der Waals surface area contributed by atoms with Crippen LogP contribution in [0.25, 0.3) is 0 Å². The van der Waals surface area contributed by atoms with Crippen LogP contribution in [-0.2, 0) is 4.79 Å². The number of amides is 1. The summed E-state index contributed by atoms with van der Waals surface area (Å²) in [5, 5.41) is 0. The molecule has 1 saturated heterocycles. The lowest BCUT2D eigenvalue weighted by atomic mass is 10.1. The molecule has 0 unspecified atom stereocenters. The Hall–Kier alpha value is -2.46. The molecule has 4 rings (SSSR count). The second-order valence-corrected chi connectivity index (χ2v) is 7.32. The number of anilines is 1. The van der Waals surface area contributed by atoms with Crippen LogP contribution >= 0.6 is 0 Å². The highest BCUT2D eigenvalue weighted by molar-refractivity contribution is 6.54. The van der Waals surface area contributed by atoms with Crippen LogP contribution in [-0.4, -0.2) is 36.3 Å². The highest BCUT2D eigenvalue weighted by atomic mass is 16.2. The first-order valence-electron chi connectivity index (χ1n) is 9.43. The topological polar surface area (TPSA) is 35.9 Å². The number of carbonyl (C=O) groups is 1.